The molecule has 0 aliphatic carbocycles. The Hall–Kier alpha value is -2.39. The number of amides is 1. The topological polar surface area (TPSA) is 63.7 Å². The van der Waals surface area contributed by atoms with E-state index in [2.05, 4.69) is 0 Å². The van der Waals surface area contributed by atoms with Gasteiger partial charge in [0.15, 0.2) is 9.84 Å². The van der Waals surface area contributed by atoms with E-state index in [0.717, 1.165) is 28.8 Å². The Morgan fingerprint density at radius 1 is 1.14 bits per heavy atom. The number of aryl methyl sites for hydroxylation is 1. The molecule has 0 aromatic heterocycles. The van der Waals surface area contributed by atoms with Crippen molar-refractivity contribution in [1.29, 1.82) is 0 Å². The molecule has 0 saturated heterocycles. The van der Waals surface area contributed by atoms with E-state index in [4.69, 9.17) is 4.84 Å². The molecule has 0 bridgehead atoms. The standard InChI is InChI=1S/C19H18F3NO4S/c1-12-3-6-15(7-4-12)28(25,26)11-13-10-23(27-2)18(24)16-8-5-14(9-17(13)16)19(20,21)22/h3-9,13H,10-11H2,1-2H3. The lowest BCUT2D eigenvalue weighted by molar-refractivity contribution is -0.137. The fraction of sp³-hybridized carbons (Fsp3) is 0.316. The normalized spacial score (nSPS) is 17.5. The summed E-state index contributed by atoms with van der Waals surface area (Å²) in [5, 5.41) is 0.963. The number of nitrogens with zero attached hydrogens (tertiary/aromatic N) is 1. The number of benzene rings is 2. The maximum absolute atomic E-state index is 13.1. The monoisotopic (exact) mass is 413 g/mol. The maximum atomic E-state index is 13.1. The predicted molar refractivity (Wildman–Crippen MR) is 95.5 cm³/mol. The molecule has 28 heavy (non-hydrogen) atoms. The number of rotatable bonds is 4. The lowest BCUT2D eigenvalue weighted by atomic mass is 9.89. The van der Waals surface area contributed by atoms with Crippen molar-refractivity contribution >= 4 is 15.7 Å². The SMILES string of the molecule is CON1CC(CS(=O)(=O)c2ccc(C)cc2)c2cc(C(F)(F)F)ccc2C1=O. The van der Waals surface area contributed by atoms with Crippen molar-refractivity contribution in [2.45, 2.75) is 23.9 Å². The quantitative estimate of drug-likeness (QED) is 0.769. The highest BCUT2D eigenvalue weighted by atomic mass is 32.2. The van der Waals surface area contributed by atoms with Gasteiger partial charge in [0.2, 0.25) is 0 Å². The van der Waals surface area contributed by atoms with Crippen LogP contribution < -0.4 is 0 Å². The van der Waals surface area contributed by atoms with E-state index in [1.807, 2.05) is 6.92 Å². The molecule has 1 atom stereocenters. The second-order valence-electron chi connectivity index (χ2n) is 6.64. The van der Waals surface area contributed by atoms with Gasteiger partial charge in [0.1, 0.15) is 0 Å². The number of fused-ring (bicyclic) bond motifs is 1. The molecule has 1 aliphatic heterocycles. The van der Waals surface area contributed by atoms with Crippen molar-refractivity contribution < 1.29 is 31.2 Å². The first-order valence-electron chi connectivity index (χ1n) is 8.39. The molecule has 0 N–H and O–H groups in total. The van der Waals surface area contributed by atoms with Gasteiger partial charge >= 0.3 is 6.18 Å². The Balaban J connectivity index is 2.04. The van der Waals surface area contributed by atoms with Gasteiger partial charge in [-0.1, -0.05) is 17.7 Å². The number of hydroxylamine groups is 2. The Kier molecular flexibility index (Phi) is 5.24. The number of alkyl halides is 3. The Morgan fingerprint density at radius 2 is 1.79 bits per heavy atom. The molecule has 1 heterocycles. The first-order chi connectivity index (χ1) is 13.0. The van der Waals surface area contributed by atoms with E-state index in [-0.39, 0.29) is 22.6 Å². The molecule has 5 nitrogen and oxygen atoms in total. The van der Waals surface area contributed by atoms with Crippen LogP contribution in [0.25, 0.3) is 0 Å². The third-order valence-electron chi connectivity index (χ3n) is 4.68. The number of carbonyl (C=O) groups is 1. The van der Waals surface area contributed by atoms with E-state index < -0.39 is 39.2 Å². The molecular weight excluding hydrogens is 395 g/mol. The molecule has 1 aliphatic rings. The highest BCUT2D eigenvalue weighted by Gasteiger charge is 2.38. The Labute approximate surface area is 160 Å². The fourth-order valence-corrected chi connectivity index (χ4v) is 4.75. The molecular formula is C19H18F3NO4S. The highest BCUT2D eigenvalue weighted by molar-refractivity contribution is 7.91. The van der Waals surface area contributed by atoms with E-state index in [9.17, 15) is 26.4 Å². The Morgan fingerprint density at radius 3 is 2.36 bits per heavy atom. The smallest absolute Gasteiger partial charge is 0.274 e. The van der Waals surface area contributed by atoms with Gasteiger partial charge in [0.25, 0.3) is 5.91 Å². The van der Waals surface area contributed by atoms with Gasteiger partial charge < -0.3 is 0 Å². The predicted octanol–water partition coefficient (Wildman–Crippen LogP) is 3.59. The zero-order chi connectivity index (χ0) is 20.7. The molecule has 1 unspecified atom stereocenters. The molecule has 150 valence electrons. The molecule has 1 amide bonds. The number of sulfone groups is 1. The van der Waals surface area contributed by atoms with Crippen LogP contribution >= 0.6 is 0 Å². The third-order valence-corrected chi connectivity index (χ3v) is 6.51. The van der Waals surface area contributed by atoms with Crippen LogP contribution in [-0.4, -0.2) is 38.8 Å². The second kappa shape index (κ2) is 7.21. The molecule has 0 spiro atoms. The van der Waals surface area contributed by atoms with Crippen LogP contribution in [0.5, 0.6) is 0 Å². The number of hydrogen-bond acceptors (Lipinski definition) is 4. The minimum atomic E-state index is -4.60. The van der Waals surface area contributed by atoms with Gasteiger partial charge in [-0.25, -0.2) is 13.5 Å². The summed E-state index contributed by atoms with van der Waals surface area (Å²) in [5.74, 6) is -1.91. The average molecular weight is 413 g/mol. The maximum Gasteiger partial charge on any atom is 0.416 e. The number of carbonyl (C=O) groups excluding carboxylic acids is 1. The molecule has 0 radical (unpaired) electrons. The molecule has 2 aromatic rings. The van der Waals surface area contributed by atoms with Crippen LogP contribution in [0.15, 0.2) is 47.4 Å². The lowest BCUT2D eigenvalue weighted by Gasteiger charge is -2.32. The average Bonchev–Trinajstić information content (AvgIpc) is 2.63. The van der Waals surface area contributed by atoms with E-state index in [1.54, 1.807) is 12.1 Å². The van der Waals surface area contributed by atoms with Crippen molar-refractivity contribution in [1.82, 2.24) is 5.06 Å². The molecule has 3 rings (SSSR count). The molecule has 0 saturated carbocycles. The summed E-state index contributed by atoms with van der Waals surface area (Å²) in [4.78, 5) is 17.5. The van der Waals surface area contributed by atoms with Crippen LogP contribution in [0, 0.1) is 6.92 Å². The summed E-state index contributed by atoms with van der Waals surface area (Å²) in [5.41, 5.74) is 0.0182. The summed E-state index contributed by atoms with van der Waals surface area (Å²) in [6.07, 6.45) is -4.60. The Bertz CT molecular complexity index is 1000. The van der Waals surface area contributed by atoms with E-state index in [0.29, 0.717) is 0 Å². The summed E-state index contributed by atoms with van der Waals surface area (Å²) in [6, 6.07) is 8.94. The second-order valence-corrected chi connectivity index (χ2v) is 8.67. The van der Waals surface area contributed by atoms with E-state index in [1.165, 1.54) is 19.2 Å². The zero-order valence-electron chi connectivity index (χ0n) is 15.2. The van der Waals surface area contributed by atoms with Crippen LogP contribution in [0.1, 0.15) is 33.0 Å². The van der Waals surface area contributed by atoms with Gasteiger partial charge in [-0.3, -0.25) is 9.63 Å². The summed E-state index contributed by atoms with van der Waals surface area (Å²) in [7, 11) is -2.54. The van der Waals surface area contributed by atoms with Crippen molar-refractivity contribution in [3.63, 3.8) is 0 Å². The number of hydrogen-bond donors (Lipinski definition) is 0. The summed E-state index contributed by atoms with van der Waals surface area (Å²) >= 11 is 0. The molecule has 2 aromatic carbocycles. The van der Waals surface area contributed by atoms with Gasteiger partial charge in [0, 0.05) is 11.5 Å². The van der Waals surface area contributed by atoms with Gasteiger partial charge in [-0.15, -0.1) is 0 Å². The fourth-order valence-electron chi connectivity index (χ4n) is 3.19. The van der Waals surface area contributed by atoms with Crippen LogP contribution in [0.2, 0.25) is 0 Å². The first kappa shape index (κ1) is 20.3. The summed E-state index contributed by atoms with van der Waals surface area (Å²) in [6.45, 7) is 1.66. The van der Waals surface area contributed by atoms with E-state index >= 15 is 0 Å². The van der Waals surface area contributed by atoms with Crippen molar-refractivity contribution in [3.8, 4) is 0 Å². The van der Waals surface area contributed by atoms with Gasteiger partial charge in [-0.2, -0.15) is 13.2 Å². The van der Waals surface area contributed by atoms with Crippen molar-refractivity contribution in [2.75, 3.05) is 19.4 Å². The minimum Gasteiger partial charge on any atom is -0.274 e. The third kappa shape index (κ3) is 3.90. The number of halogens is 3. The minimum absolute atomic E-state index is 0.00482. The van der Waals surface area contributed by atoms with Gasteiger partial charge in [0.05, 0.1) is 29.9 Å². The molecule has 9 heteroatoms. The highest BCUT2D eigenvalue weighted by Crippen LogP contribution is 2.36. The molecule has 0 fully saturated rings. The van der Waals surface area contributed by atoms with Gasteiger partial charge in [-0.05, 0) is 42.8 Å². The van der Waals surface area contributed by atoms with Crippen LogP contribution in [-0.2, 0) is 20.9 Å². The first-order valence-corrected chi connectivity index (χ1v) is 10.0. The van der Waals surface area contributed by atoms with Crippen LogP contribution in [0.3, 0.4) is 0 Å². The van der Waals surface area contributed by atoms with Crippen molar-refractivity contribution in [3.05, 3.63) is 64.7 Å². The lowest BCUT2D eigenvalue weighted by Crippen LogP contribution is -2.41. The van der Waals surface area contributed by atoms with Crippen molar-refractivity contribution in [2.24, 2.45) is 0 Å². The van der Waals surface area contributed by atoms with Crippen LogP contribution in [0.4, 0.5) is 13.2 Å². The summed E-state index contributed by atoms with van der Waals surface area (Å²) < 4.78 is 65.0. The zero-order valence-corrected chi connectivity index (χ0v) is 16.0. The largest absolute Gasteiger partial charge is 0.416 e.